The van der Waals surface area contributed by atoms with E-state index in [1.807, 2.05) is 18.2 Å². The van der Waals surface area contributed by atoms with Gasteiger partial charge in [-0.15, -0.1) is 0 Å². The summed E-state index contributed by atoms with van der Waals surface area (Å²) in [7, 11) is 0. The van der Waals surface area contributed by atoms with Crippen LogP contribution in [0, 0.1) is 0 Å². The molecule has 21 heavy (non-hydrogen) atoms. The Labute approximate surface area is 124 Å². The van der Waals surface area contributed by atoms with E-state index in [9.17, 15) is 4.79 Å². The zero-order valence-electron chi connectivity index (χ0n) is 12.0. The molecule has 0 radical (unpaired) electrons. The fourth-order valence-electron chi connectivity index (χ4n) is 3.84. The average molecular weight is 285 g/mol. The summed E-state index contributed by atoms with van der Waals surface area (Å²) in [5.74, 6) is 1.74. The van der Waals surface area contributed by atoms with Crippen LogP contribution in [0.2, 0.25) is 0 Å². The molecule has 3 aliphatic heterocycles. The van der Waals surface area contributed by atoms with E-state index >= 15 is 0 Å². The minimum absolute atomic E-state index is 0.230. The zero-order chi connectivity index (χ0) is 14.4. The molecule has 1 aromatic rings. The molecule has 0 aromatic heterocycles. The van der Waals surface area contributed by atoms with Crippen molar-refractivity contribution in [3.8, 4) is 11.5 Å². The first-order chi connectivity index (χ1) is 10.2. The SMILES string of the molecule is C=C1CC2CCC(C1)N2C(=O)Cc1ccc2c(c1)OCO2. The van der Waals surface area contributed by atoms with Crippen molar-refractivity contribution in [3.05, 3.63) is 35.9 Å². The first-order valence-corrected chi connectivity index (χ1v) is 7.57. The number of hydrogen-bond donors (Lipinski definition) is 0. The standard InChI is InChI=1S/C17H19NO3/c1-11-6-13-3-4-14(7-11)18(13)17(19)9-12-2-5-15-16(8-12)21-10-20-15/h2,5,8,13-14H,1,3-4,6-7,9-10H2. The van der Waals surface area contributed by atoms with Crippen molar-refractivity contribution in [1.29, 1.82) is 0 Å². The maximum Gasteiger partial charge on any atom is 0.231 e. The predicted molar refractivity (Wildman–Crippen MR) is 78.3 cm³/mol. The van der Waals surface area contributed by atoms with E-state index in [-0.39, 0.29) is 12.7 Å². The van der Waals surface area contributed by atoms with Crippen LogP contribution in [-0.4, -0.2) is 29.7 Å². The third kappa shape index (κ3) is 2.19. The number of ether oxygens (including phenoxy) is 2. The van der Waals surface area contributed by atoms with Gasteiger partial charge in [-0.25, -0.2) is 0 Å². The summed E-state index contributed by atoms with van der Waals surface area (Å²) >= 11 is 0. The number of benzene rings is 1. The molecule has 0 N–H and O–H groups in total. The Balaban J connectivity index is 1.50. The molecule has 0 saturated carbocycles. The number of carbonyl (C=O) groups is 1. The minimum Gasteiger partial charge on any atom is -0.454 e. The molecule has 2 bridgehead atoms. The van der Waals surface area contributed by atoms with Gasteiger partial charge in [0.1, 0.15) is 0 Å². The lowest BCUT2D eigenvalue weighted by Gasteiger charge is -2.36. The van der Waals surface area contributed by atoms with Gasteiger partial charge in [0, 0.05) is 12.1 Å². The number of hydrogen-bond acceptors (Lipinski definition) is 3. The number of piperidine rings is 1. The highest BCUT2D eigenvalue weighted by Crippen LogP contribution is 2.38. The number of rotatable bonds is 2. The van der Waals surface area contributed by atoms with E-state index in [4.69, 9.17) is 9.47 Å². The van der Waals surface area contributed by atoms with Crippen molar-refractivity contribution in [3.63, 3.8) is 0 Å². The first-order valence-electron chi connectivity index (χ1n) is 7.57. The van der Waals surface area contributed by atoms with Gasteiger partial charge >= 0.3 is 0 Å². The van der Waals surface area contributed by atoms with Crippen molar-refractivity contribution in [2.75, 3.05) is 6.79 Å². The molecule has 2 saturated heterocycles. The van der Waals surface area contributed by atoms with E-state index in [1.165, 1.54) is 5.57 Å². The molecule has 4 heteroatoms. The van der Waals surface area contributed by atoms with Crippen LogP contribution < -0.4 is 9.47 Å². The molecular weight excluding hydrogens is 266 g/mol. The molecule has 0 aliphatic carbocycles. The second-order valence-corrected chi connectivity index (χ2v) is 6.21. The van der Waals surface area contributed by atoms with Gasteiger partial charge in [-0.3, -0.25) is 4.79 Å². The summed E-state index contributed by atoms with van der Waals surface area (Å²) in [5.41, 5.74) is 2.29. The molecule has 3 aliphatic rings. The van der Waals surface area contributed by atoms with Crippen LogP contribution in [0.15, 0.2) is 30.4 Å². The monoisotopic (exact) mass is 285 g/mol. The summed E-state index contributed by atoms with van der Waals surface area (Å²) < 4.78 is 10.7. The smallest absolute Gasteiger partial charge is 0.231 e. The van der Waals surface area contributed by atoms with Gasteiger partial charge in [0.25, 0.3) is 0 Å². The molecule has 4 nitrogen and oxygen atoms in total. The molecule has 3 heterocycles. The fraction of sp³-hybridized carbons (Fsp3) is 0.471. The molecule has 110 valence electrons. The number of amides is 1. The van der Waals surface area contributed by atoms with Crippen molar-refractivity contribution >= 4 is 5.91 Å². The van der Waals surface area contributed by atoms with Gasteiger partial charge in [-0.05, 0) is 43.4 Å². The van der Waals surface area contributed by atoms with Gasteiger partial charge in [0.15, 0.2) is 11.5 Å². The van der Waals surface area contributed by atoms with Crippen molar-refractivity contribution in [1.82, 2.24) is 4.90 Å². The Morgan fingerprint density at radius 1 is 1.19 bits per heavy atom. The van der Waals surface area contributed by atoms with Crippen molar-refractivity contribution in [2.24, 2.45) is 0 Å². The number of nitrogens with zero attached hydrogens (tertiary/aromatic N) is 1. The van der Waals surface area contributed by atoms with E-state index in [0.29, 0.717) is 18.5 Å². The van der Waals surface area contributed by atoms with Gasteiger partial charge in [0.05, 0.1) is 6.42 Å². The van der Waals surface area contributed by atoms with E-state index in [0.717, 1.165) is 42.7 Å². The summed E-state index contributed by atoms with van der Waals surface area (Å²) in [4.78, 5) is 14.8. The van der Waals surface area contributed by atoms with E-state index < -0.39 is 0 Å². The Kier molecular flexibility index (Phi) is 2.91. The number of carbonyl (C=O) groups excluding carboxylic acids is 1. The second kappa shape index (κ2) is 4.79. The highest BCUT2D eigenvalue weighted by atomic mass is 16.7. The Morgan fingerprint density at radius 2 is 1.90 bits per heavy atom. The highest BCUT2D eigenvalue weighted by molar-refractivity contribution is 5.80. The lowest BCUT2D eigenvalue weighted by Crippen LogP contribution is -2.45. The maximum atomic E-state index is 12.7. The third-order valence-corrected chi connectivity index (χ3v) is 4.75. The van der Waals surface area contributed by atoms with Crippen LogP contribution in [0.4, 0.5) is 0 Å². The zero-order valence-corrected chi connectivity index (χ0v) is 12.0. The van der Waals surface area contributed by atoms with Crippen LogP contribution in [0.5, 0.6) is 11.5 Å². The summed E-state index contributed by atoms with van der Waals surface area (Å²) in [5, 5.41) is 0. The van der Waals surface area contributed by atoms with Gasteiger partial charge in [-0.2, -0.15) is 0 Å². The average Bonchev–Trinajstić information content (AvgIpc) is 3.01. The highest BCUT2D eigenvalue weighted by Gasteiger charge is 2.40. The topological polar surface area (TPSA) is 38.8 Å². The summed E-state index contributed by atoms with van der Waals surface area (Å²) in [6.07, 6.45) is 4.63. The molecular formula is C17H19NO3. The fourth-order valence-corrected chi connectivity index (χ4v) is 3.84. The largest absolute Gasteiger partial charge is 0.454 e. The lowest BCUT2D eigenvalue weighted by molar-refractivity contribution is -0.134. The molecule has 2 atom stereocenters. The van der Waals surface area contributed by atoms with Crippen LogP contribution in [0.25, 0.3) is 0 Å². The lowest BCUT2D eigenvalue weighted by atomic mass is 9.97. The first kappa shape index (κ1) is 12.7. The molecule has 0 spiro atoms. The van der Waals surface area contributed by atoms with E-state index in [1.54, 1.807) is 0 Å². The Morgan fingerprint density at radius 3 is 2.67 bits per heavy atom. The predicted octanol–water partition coefficient (Wildman–Crippen LogP) is 2.67. The van der Waals surface area contributed by atoms with Gasteiger partial charge < -0.3 is 14.4 Å². The Bertz CT molecular complexity index is 594. The van der Waals surface area contributed by atoms with Crippen molar-refractivity contribution < 1.29 is 14.3 Å². The molecule has 2 unspecified atom stereocenters. The molecule has 1 aromatic carbocycles. The minimum atomic E-state index is 0.230. The molecule has 1 amide bonds. The van der Waals surface area contributed by atoms with Gasteiger partial charge in [0.2, 0.25) is 12.7 Å². The van der Waals surface area contributed by atoms with E-state index in [2.05, 4.69) is 11.5 Å². The quantitative estimate of drug-likeness (QED) is 0.784. The normalized spacial score (nSPS) is 26.3. The maximum absolute atomic E-state index is 12.7. The summed E-state index contributed by atoms with van der Waals surface area (Å²) in [6, 6.07) is 6.51. The van der Waals surface area contributed by atoms with Crippen LogP contribution in [0.3, 0.4) is 0 Å². The molecule has 2 fully saturated rings. The Hall–Kier alpha value is -1.97. The second-order valence-electron chi connectivity index (χ2n) is 6.21. The third-order valence-electron chi connectivity index (χ3n) is 4.75. The summed E-state index contributed by atoms with van der Waals surface area (Å²) in [6.45, 7) is 4.37. The van der Waals surface area contributed by atoms with Crippen LogP contribution in [-0.2, 0) is 11.2 Å². The number of fused-ring (bicyclic) bond motifs is 3. The molecule has 4 rings (SSSR count). The van der Waals surface area contributed by atoms with Crippen LogP contribution >= 0.6 is 0 Å². The van der Waals surface area contributed by atoms with Gasteiger partial charge in [-0.1, -0.05) is 18.2 Å². The van der Waals surface area contributed by atoms with Crippen LogP contribution in [0.1, 0.15) is 31.2 Å². The van der Waals surface area contributed by atoms with Crippen molar-refractivity contribution in [2.45, 2.75) is 44.2 Å².